The van der Waals surface area contributed by atoms with E-state index in [1.165, 1.54) is 16.7 Å². The number of aromatic nitrogens is 2. The Bertz CT molecular complexity index is 1610. The van der Waals surface area contributed by atoms with Gasteiger partial charge in [0, 0.05) is 18.1 Å². The molecule has 0 saturated heterocycles. The number of hydrogen-bond acceptors (Lipinski definition) is 5. The van der Waals surface area contributed by atoms with E-state index in [2.05, 4.69) is 84.7 Å². The fourth-order valence-electron chi connectivity index (χ4n) is 5.40. The Morgan fingerprint density at radius 2 is 1.31 bits per heavy atom. The fraction of sp³-hybridized carbons (Fsp3) is 0.222. The number of benzene rings is 4. The van der Waals surface area contributed by atoms with Crippen LogP contribution >= 0.6 is 0 Å². The molecule has 0 aliphatic carbocycles. The second-order valence-electron chi connectivity index (χ2n) is 10.6. The Morgan fingerprint density at radius 1 is 0.690 bits per heavy atom. The van der Waals surface area contributed by atoms with Crippen molar-refractivity contribution in [1.82, 2.24) is 9.78 Å². The maximum absolute atomic E-state index is 6.00. The van der Waals surface area contributed by atoms with Gasteiger partial charge in [-0.2, -0.15) is 10.2 Å². The molecule has 1 aliphatic rings. The third kappa shape index (κ3) is 6.89. The molecule has 2 heterocycles. The molecule has 5 aromatic rings. The van der Waals surface area contributed by atoms with Crippen molar-refractivity contribution in [3.8, 4) is 16.9 Å². The molecule has 42 heavy (non-hydrogen) atoms. The first-order valence-electron chi connectivity index (χ1n) is 14.8. The van der Waals surface area contributed by atoms with Crippen LogP contribution in [0.25, 0.3) is 16.9 Å². The Kier molecular flexibility index (Phi) is 9.34. The summed E-state index contributed by atoms with van der Waals surface area (Å²) >= 11 is 0. The van der Waals surface area contributed by atoms with Gasteiger partial charge in [-0.15, -0.1) is 0 Å². The average molecular weight is 557 g/mol. The first kappa shape index (κ1) is 28.7. The zero-order valence-electron chi connectivity index (χ0n) is 24.5. The van der Waals surface area contributed by atoms with Gasteiger partial charge >= 0.3 is 0 Å². The highest BCUT2D eigenvalue weighted by atomic mass is 15.5. The number of hydrogen-bond donors (Lipinski definition) is 2. The summed E-state index contributed by atoms with van der Waals surface area (Å²) in [6.07, 6.45) is 5.29. The summed E-state index contributed by atoms with van der Waals surface area (Å²) in [5.74, 6) is 1.24. The Balaban J connectivity index is 0.000000168. The van der Waals surface area contributed by atoms with Gasteiger partial charge in [-0.3, -0.25) is 5.01 Å². The van der Waals surface area contributed by atoms with Crippen LogP contribution in [-0.4, -0.2) is 15.6 Å². The summed E-state index contributed by atoms with van der Waals surface area (Å²) < 4.78 is 1.90. The van der Waals surface area contributed by atoms with Crippen molar-refractivity contribution in [2.75, 3.05) is 10.7 Å². The SMILES string of the molecule is CCCc1cccc(-c2cc(N)nn2-c2ccccc2)c1.CCCc1cccc(C2CC(N)=NN2c2ccccc2)c1. The van der Waals surface area contributed by atoms with Crippen LogP contribution in [-0.2, 0) is 12.8 Å². The minimum atomic E-state index is 0.198. The Morgan fingerprint density at radius 3 is 1.98 bits per heavy atom. The number of aryl methyl sites for hydroxylation is 2. The molecular weight excluding hydrogens is 516 g/mol. The van der Waals surface area contributed by atoms with E-state index >= 15 is 0 Å². The maximum atomic E-state index is 6.00. The molecule has 0 saturated carbocycles. The summed E-state index contributed by atoms with van der Waals surface area (Å²) in [5.41, 5.74) is 20.2. The average Bonchev–Trinajstić information content (AvgIpc) is 3.62. The highest BCUT2D eigenvalue weighted by Crippen LogP contribution is 2.34. The lowest BCUT2D eigenvalue weighted by Crippen LogP contribution is -2.18. The van der Waals surface area contributed by atoms with Gasteiger partial charge in [-0.25, -0.2) is 4.68 Å². The van der Waals surface area contributed by atoms with E-state index in [0.29, 0.717) is 11.7 Å². The first-order valence-corrected chi connectivity index (χ1v) is 14.8. The molecule has 0 fully saturated rings. The van der Waals surface area contributed by atoms with E-state index in [0.717, 1.165) is 54.7 Å². The second-order valence-corrected chi connectivity index (χ2v) is 10.6. The van der Waals surface area contributed by atoms with Crippen LogP contribution in [0.5, 0.6) is 0 Å². The number of anilines is 2. The highest BCUT2D eigenvalue weighted by Gasteiger charge is 2.28. The molecule has 4 aromatic carbocycles. The van der Waals surface area contributed by atoms with E-state index in [1.807, 2.05) is 64.3 Å². The van der Waals surface area contributed by atoms with Crippen LogP contribution in [0.1, 0.15) is 55.8 Å². The van der Waals surface area contributed by atoms with Crippen molar-refractivity contribution < 1.29 is 0 Å². The van der Waals surface area contributed by atoms with Crippen molar-refractivity contribution >= 4 is 17.3 Å². The van der Waals surface area contributed by atoms with Crippen LogP contribution in [0, 0.1) is 0 Å². The van der Waals surface area contributed by atoms with Crippen molar-refractivity contribution in [3.05, 3.63) is 132 Å². The molecule has 214 valence electrons. The van der Waals surface area contributed by atoms with Crippen molar-refractivity contribution in [2.45, 2.75) is 52.0 Å². The van der Waals surface area contributed by atoms with Gasteiger partial charge in [-0.05, 0) is 59.9 Å². The largest absolute Gasteiger partial charge is 0.386 e. The summed E-state index contributed by atoms with van der Waals surface area (Å²) in [4.78, 5) is 0. The van der Waals surface area contributed by atoms with Gasteiger partial charge in [0.15, 0.2) is 0 Å². The maximum Gasteiger partial charge on any atom is 0.146 e. The fourth-order valence-corrected chi connectivity index (χ4v) is 5.40. The highest BCUT2D eigenvalue weighted by molar-refractivity contribution is 5.85. The van der Waals surface area contributed by atoms with E-state index in [-0.39, 0.29) is 6.04 Å². The molecule has 4 N–H and O–H groups in total. The van der Waals surface area contributed by atoms with Crippen molar-refractivity contribution in [1.29, 1.82) is 0 Å². The molecule has 0 radical (unpaired) electrons. The number of hydrazone groups is 1. The minimum absolute atomic E-state index is 0.198. The summed E-state index contributed by atoms with van der Waals surface area (Å²) in [5, 5.41) is 11.0. The molecule has 0 amide bonds. The zero-order valence-corrected chi connectivity index (χ0v) is 24.5. The lowest BCUT2D eigenvalue weighted by atomic mass is 9.99. The predicted molar refractivity (Wildman–Crippen MR) is 176 cm³/mol. The van der Waals surface area contributed by atoms with Crippen LogP contribution in [0.15, 0.2) is 120 Å². The molecule has 0 bridgehead atoms. The quantitative estimate of drug-likeness (QED) is 0.203. The third-order valence-corrected chi connectivity index (χ3v) is 7.32. The zero-order chi connectivity index (χ0) is 29.3. The Labute approximate surface area is 249 Å². The normalized spacial score (nSPS) is 14.3. The Hall–Kier alpha value is -4.84. The third-order valence-electron chi connectivity index (χ3n) is 7.32. The number of nitrogens with zero attached hydrogens (tertiary/aromatic N) is 4. The van der Waals surface area contributed by atoms with Gasteiger partial charge in [0.1, 0.15) is 11.7 Å². The lowest BCUT2D eigenvalue weighted by Gasteiger charge is -2.24. The molecular formula is C36H40N6. The van der Waals surface area contributed by atoms with Gasteiger partial charge < -0.3 is 11.5 Å². The monoisotopic (exact) mass is 556 g/mol. The standard InChI is InChI=1S/C18H21N3.C18H19N3/c2*1-2-7-14-8-6-9-15(12-14)17-13-18(19)20-21(17)16-10-4-3-5-11-16/h3-6,8-12,17H,2,7,13H2,1H3,(H2,19,20);3-6,8-13H,2,7H2,1H3,(H2,19,20). The van der Waals surface area contributed by atoms with Crippen molar-refractivity contribution in [3.63, 3.8) is 0 Å². The number of rotatable bonds is 8. The van der Waals surface area contributed by atoms with Gasteiger partial charge in [0.25, 0.3) is 0 Å². The molecule has 6 rings (SSSR count). The lowest BCUT2D eigenvalue weighted by molar-refractivity contribution is 0.706. The minimum Gasteiger partial charge on any atom is -0.386 e. The van der Waals surface area contributed by atoms with Crippen LogP contribution in [0.2, 0.25) is 0 Å². The predicted octanol–water partition coefficient (Wildman–Crippen LogP) is 7.94. The molecule has 6 nitrogen and oxygen atoms in total. The molecule has 0 spiro atoms. The number of nitrogen functional groups attached to an aromatic ring is 1. The number of nitrogens with two attached hydrogens (primary N) is 2. The van der Waals surface area contributed by atoms with Crippen LogP contribution in [0.3, 0.4) is 0 Å². The molecule has 1 aromatic heterocycles. The van der Waals surface area contributed by atoms with Gasteiger partial charge in [0.05, 0.1) is 23.1 Å². The van der Waals surface area contributed by atoms with E-state index in [4.69, 9.17) is 11.5 Å². The smallest absolute Gasteiger partial charge is 0.146 e. The van der Waals surface area contributed by atoms with Crippen LogP contribution in [0.4, 0.5) is 11.5 Å². The number of para-hydroxylation sites is 2. The van der Waals surface area contributed by atoms with Crippen molar-refractivity contribution in [2.24, 2.45) is 10.8 Å². The summed E-state index contributed by atoms with van der Waals surface area (Å²) in [6.45, 7) is 4.40. The summed E-state index contributed by atoms with van der Waals surface area (Å²) in [7, 11) is 0. The van der Waals surface area contributed by atoms with Gasteiger partial charge in [-0.1, -0.05) is 106 Å². The first-order chi connectivity index (χ1) is 20.6. The molecule has 1 aliphatic heterocycles. The summed E-state index contributed by atoms with van der Waals surface area (Å²) in [6, 6.07) is 39.8. The topological polar surface area (TPSA) is 85.5 Å². The van der Waals surface area contributed by atoms with E-state index < -0.39 is 0 Å². The van der Waals surface area contributed by atoms with E-state index in [1.54, 1.807) is 0 Å². The molecule has 1 atom stereocenters. The number of amidine groups is 1. The van der Waals surface area contributed by atoms with Gasteiger partial charge in [0.2, 0.25) is 0 Å². The molecule has 6 heteroatoms. The van der Waals surface area contributed by atoms with E-state index in [9.17, 15) is 0 Å². The second kappa shape index (κ2) is 13.7. The van der Waals surface area contributed by atoms with Crippen LogP contribution < -0.4 is 16.5 Å². The molecule has 1 unspecified atom stereocenters.